The summed E-state index contributed by atoms with van der Waals surface area (Å²) in [6.07, 6.45) is 3.93. The third kappa shape index (κ3) is 4.84. The molecule has 1 atom stereocenters. The molecule has 172 valence electrons. The van der Waals surface area contributed by atoms with Crippen LogP contribution < -0.4 is 14.4 Å². The molecule has 0 aromatic carbocycles. The summed E-state index contributed by atoms with van der Waals surface area (Å²) >= 11 is 0. The fourth-order valence-electron chi connectivity index (χ4n) is 3.85. The summed E-state index contributed by atoms with van der Waals surface area (Å²) in [5, 5.41) is 0. The van der Waals surface area contributed by atoms with Crippen LogP contribution in [0.4, 0.5) is 14.9 Å². The lowest BCUT2D eigenvalue weighted by Crippen LogP contribution is -2.36. The number of carbonyl (C=O) groups excluding carboxylic acids is 1. The Hall–Kier alpha value is -3.17. The van der Waals surface area contributed by atoms with E-state index >= 15 is 0 Å². The molecule has 9 nitrogen and oxygen atoms in total. The van der Waals surface area contributed by atoms with E-state index in [1.807, 2.05) is 25.7 Å². The Morgan fingerprint density at radius 3 is 2.72 bits per heavy atom. The van der Waals surface area contributed by atoms with Gasteiger partial charge in [-0.15, -0.1) is 0 Å². The van der Waals surface area contributed by atoms with Gasteiger partial charge in [-0.05, 0) is 20.8 Å². The van der Waals surface area contributed by atoms with Crippen molar-refractivity contribution in [1.29, 1.82) is 0 Å². The van der Waals surface area contributed by atoms with Crippen molar-refractivity contribution in [2.24, 2.45) is 0 Å². The van der Waals surface area contributed by atoms with E-state index < -0.39 is 11.4 Å². The lowest BCUT2D eigenvalue weighted by Gasteiger charge is -2.31. The van der Waals surface area contributed by atoms with Gasteiger partial charge in [0.2, 0.25) is 11.8 Å². The Balaban J connectivity index is 1.46. The number of fused-ring (bicyclic) bond motifs is 1. The van der Waals surface area contributed by atoms with Crippen LogP contribution in [0, 0.1) is 5.82 Å². The molecule has 2 aliphatic rings. The molecule has 4 rings (SSSR count). The Kier molecular flexibility index (Phi) is 6.03. The molecule has 2 aromatic rings. The van der Waals surface area contributed by atoms with Crippen LogP contribution in [-0.4, -0.2) is 64.4 Å². The van der Waals surface area contributed by atoms with Crippen LogP contribution >= 0.6 is 0 Å². The second-order valence-corrected chi connectivity index (χ2v) is 8.92. The topological polar surface area (TPSA) is 89.9 Å². The molecule has 0 aliphatic carbocycles. The van der Waals surface area contributed by atoms with Crippen molar-refractivity contribution in [2.45, 2.75) is 51.9 Å². The summed E-state index contributed by atoms with van der Waals surface area (Å²) in [6.45, 7) is 7.68. The molecule has 1 amide bonds. The van der Waals surface area contributed by atoms with E-state index in [9.17, 15) is 9.18 Å². The molecule has 4 heterocycles. The van der Waals surface area contributed by atoms with Crippen molar-refractivity contribution in [3.8, 4) is 11.8 Å². The summed E-state index contributed by atoms with van der Waals surface area (Å²) in [7, 11) is 1.39. The summed E-state index contributed by atoms with van der Waals surface area (Å²) < 4.78 is 30.7. The summed E-state index contributed by atoms with van der Waals surface area (Å²) in [5.41, 5.74) is 1.89. The van der Waals surface area contributed by atoms with Crippen LogP contribution in [0.15, 0.2) is 18.6 Å². The zero-order chi connectivity index (χ0) is 22.9. The maximum absolute atomic E-state index is 14.1. The van der Waals surface area contributed by atoms with Gasteiger partial charge in [0.05, 0.1) is 43.3 Å². The lowest BCUT2D eigenvalue weighted by atomic mass is 10.1. The molecule has 0 bridgehead atoms. The molecule has 0 radical (unpaired) electrons. The molecular weight excluding hydrogens is 417 g/mol. The molecule has 1 unspecified atom stereocenters. The number of ether oxygens (including phenoxy) is 3. The SMILES string of the molecule is COc1ncc(N2CCc3ncnc(OC4CCN(C(=O)OC(C)(C)C)C4)c3C2)cc1F. The van der Waals surface area contributed by atoms with E-state index in [1.54, 1.807) is 11.1 Å². The minimum Gasteiger partial charge on any atom is -0.479 e. The summed E-state index contributed by atoms with van der Waals surface area (Å²) in [4.78, 5) is 28.8. The number of nitrogens with zero attached hydrogens (tertiary/aromatic N) is 5. The minimum absolute atomic E-state index is 0.0331. The fourth-order valence-corrected chi connectivity index (χ4v) is 3.85. The van der Waals surface area contributed by atoms with E-state index in [-0.39, 0.29) is 18.1 Å². The number of carbonyl (C=O) groups is 1. The number of aromatic nitrogens is 3. The number of pyridine rings is 1. The van der Waals surface area contributed by atoms with Gasteiger partial charge in [0.1, 0.15) is 18.0 Å². The molecule has 1 saturated heterocycles. The number of anilines is 1. The Morgan fingerprint density at radius 1 is 1.19 bits per heavy atom. The molecule has 0 saturated carbocycles. The monoisotopic (exact) mass is 445 g/mol. The highest BCUT2D eigenvalue weighted by Gasteiger charge is 2.32. The van der Waals surface area contributed by atoms with Gasteiger partial charge in [-0.1, -0.05) is 0 Å². The van der Waals surface area contributed by atoms with E-state index in [0.717, 1.165) is 11.3 Å². The zero-order valence-electron chi connectivity index (χ0n) is 18.8. The smallest absolute Gasteiger partial charge is 0.410 e. The number of rotatable bonds is 4. The number of halogens is 1. The molecule has 2 aliphatic heterocycles. The van der Waals surface area contributed by atoms with E-state index in [2.05, 4.69) is 15.0 Å². The van der Waals surface area contributed by atoms with Gasteiger partial charge in [-0.25, -0.2) is 24.1 Å². The van der Waals surface area contributed by atoms with Crippen molar-refractivity contribution < 1.29 is 23.4 Å². The van der Waals surface area contributed by atoms with Gasteiger partial charge >= 0.3 is 6.09 Å². The highest BCUT2D eigenvalue weighted by molar-refractivity contribution is 5.68. The van der Waals surface area contributed by atoms with Crippen LogP contribution in [0.2, 0.25) is 0 Å². The minimum atomic E-state index is -0.541. The number of amides is 1. The van der Waals surface area contributed by atoms with E-state index in [1.165, 1.54) is 19.5 Å². The predicted molar refractivity (Wildman–Crippen MR) is 114 cm³/mol. The van der Waals surface area contributed by atoms with Crippen molar-refractivity contribution >= 4 is 11.8 Å². The Morgan fingerprint density at radius 2 is 2.00 bits per heavy atom. The first-order chi connectivity index (χ1) is 15.2. The first kappa shape index (κ1) is 22.0. The lowest BCUT2D eigenvalue weighted by molar-refractivity contribution is 0.0274. The summed E-state index contributed by atoms with van der Waals surface area (Å²) in [6, 6.07) is 1.41. The van der Waals surface area contributed by atoms with Crippen molar-refractivity contribution in [1.82, 2.24) is 19.9 Å². The Labute approximate surface area is 186 Å². The standard InChI is InChI=1S/C22H28FN5O4/c1-22(2,3)32-21(29)28-7-5-15(11-28)31-19-16-12-27(8-6-18(16)25-13-26-19)14-9-17(23)20(30-4)24-10-14/h9-10,13,15H,5-8,11-12H2,1-4H3. The zero-order valence-corrected chi connectivity index (χ0v) is 18.8. The van der Waals surface area contributed by atoms with Crippen LogP contribution in [0.25, 0.3) is 0 Å². The van der Waals surface area contributed by atoms with Crippen molar-refractivity contribution in [3.05, 3.63) is 35.7 Å². The second-order valence-electron chi connectivity index (χ2n) is 8.92. The second kappa shape index (κ2) is 8.76. The average molecular weight is 445 g/mol. The van der Waals surface area contributed by atoms with E-state index in [0.29, 0.717) is 50.6 Å². The van der Waals surface area contributed by atoms with E-state index in [4.69, 9.17) is 14.2 Å². The van der Waals surface area contributed by atoms with Gasteiger partial charge in [-0.2, -0.15) is 0 Å². The first-order valence-corrected chi connectivity index (χ1v) is 10.7. The highest BCUT2D eigenvalue weighted by Crippen LogP contribution is 2.31. The normalized spacial score (nSPS) is 18.3. The third-order valence-corrected chi connectivity index (χ3v) is 5.39. The summed E-state index contributed by atoms with van der Waals surface area (Å²) in [5.74, 6) is -0.0447. The van der Waals surface area contributed by atoms with Crippen molar-refractivity contribution in [3.63, 3.8) is 0 Å². The molecule has 2 aromatic heterocycles. The quantitative estimate of drug-likeness (QED) is 0.710. The van der Waals surface area contributed by atoms with Gasteiger partial charge < -0.3 is 24.0 Å². The highest BCUT2D eigenvalue weighted by atomic mass is 19.1. The van der Waals surface area contributed by atoms with Gasteiger partial charge in [0.15, 0.2) is 5.82 Å². The molecule has 32 heavy (non-hydrogen) atoms. The van der Waals surface area contributed by atoms with Gasteiger partial charge in [-0.3, -0.25) is 0 Å². The third-order valence-electron chi connectivity index (χ3n) is 5.39. The molecule has 0 spiro atoms. The van der Waals surface area contributed by atoms with Gasteiger partial charge in [0, 0.05) is 32.0 Å². The fraction of sp³-hybridized carbons (Fsp3) is 0.545. The molecular formula is C22H28FN5O4. The first-order valence-electron chi connectivity index (χ1n) is 10.7. The number of methoxy groups -OCH3 is 1. The maximum Gasteiger partial charge on any atom is 0.410 e. The Bertz CT molecular complexity index is 997. The molecule has 0 N–H and O–H groups in total. The average Bonchev–Trinajstić information content (AvgIpc) is 3.21. The van der Waals surface area contributed by atoms with Crippen LogP contribution in [-0.2, 0) is 17.7 Å². The predicted octanol–water partition coefficient (Wildman–Crippen LogP) is 2.97. The van der Waals surface area contributed by atoms with Crippen LogP contribution in [0.5, 0.6) is 11.8 Å². The number of hydrogen-bond donors (Lipinski definition) is 0. The maximum atomic E-state index is 14.1. The van der Waals surface area contributed by atoms with Crippen LogP contribution in [0.3, 0.4) is 0 Å². The number of hydrogen-bond acceptors (Lipinski definition) is 8. The van der Waals surface area contributed by atoms with Crippen LogP contribution in [0.1, 0.15) is 38.4 Å². The van der Waals surface area contributed by atoms with Gasteiger partial charge in [0.25, 0.3) is 0 Å². The molecule has 10 heteroatoms. The number of likely N-dealkylation sites (tertiary alicyclic amines) is 1. The largest absolute Gasteiger partial charge is 0.479 e. The molecule has 1 fully saturated rings. The van der Waals surface area contributed by atoms with Crippen molar-refractivity contribution in [2.75, 3.05) is 31.6 Å².